The molecule has 2 aromatic carbocycles. The van der Waals surface area contributed by atoms with Crippen molar-refractivity contribution in [3.8, 4) is 0 Å². The maximum Gasteiger partial charge on any atom is 0.121 e. The SMILES string of the molecule is [O-]N=C(c1ccccc1)C(O)c1ccccc1. The number of aliphatic hydroxyl groups is 1. The van der Waals surface area contributed by atoms with Crippen molar-refractivity contribution in [3.05, 3.63) is 77.0 Å². The van der Waals surface area contributed by atoms with E-state index in [4.69, 9.17) is 0 Å². The summed E-state index contributed by atoms with van der Waals surface area (Å²) in [5, 5.41) is 23.9. The minimum absolute atomic E-state index is 0.136. The number of hydrogen-bond donors (Lipinski definition) is 1. The third kappa shape index (κ3) is 2.52. The van der Waals surface area contributed by atoms with Gasteiger partial charge in [-0.2, -0.15) is 0 Å². The summed E-state index contributed by atoms with van der Waals surface area (Å²) in [5.74, 6) is 0. The molecule has 3 heteroatoms. The zero-order chi connectivity index (χ0) is 12.1. The zero-order valence-corrected chi connectivity index (χ0v) is 9.15. The van der Waals surface area contributed by atoms with Gasteiger partial charge in [-0.3, -0.25) is 0 Å². The van der Waals surface area contributed by atoms with Crippen LogP contribution in [0, 0.1) is 5.21 Å². The van der Waals surface area contributed by atoms with Crippen molar-refractivity contribution in [1.82, 2.24) is 0 Å². The molecule has 0 aliphatic rings. The van der Waals surface area contributed by atoms with Crippen molar-refractivity contribution < 1.29 is 5.11 Å². The first-order valence-electron chi connectivity index (χ1n) is 5.31. The maximum absolute atomic E-state index is 10.9. The summed E-state index contributed by atoms with van der Waals surface area (Å²) in [6.45, 7) is 0. The van der Waals surface area contributed by atoms with Gasteiger partial charge in [-0.15, -0.1) is 0 Å². The molecule has 0 aromatic heterocycles. The fourth-order valence-corrected chi connectivity index (χ4v) is 1.66. The Morgan fingerprint density at radius 1 is 0.941 bits per heavy atom. The molecule has 1 N–H and O–H groups in total. The van der Waals surface area contributed by atoms with Crippen molar-refractivity contribution in [2.45, 2.75) is 6.10 Å². The Morgan fingerprint density at radius 2 is 1.47 bits per heavy atom. The first kappa shape index (κ1) is 11.4. The third-order valence-corrected chi connectivity index (χ3v) is 2.54. The quantitative estimate of drug-likeness (QED) is 0.646. The molecule has 2 rings (SSSR count). The van der Waals surface area contributed by atoms with Crippen LogP contribution in [0.25, 0.3) is 0 Å². The number of hydrogen-bond acceptors (Lipinski definition) is 3. The van der Waals surface area contributed by atoms with Gasteiger partial charge < -0.3 is 15.5 Å². The van der Waals surface area contributed by atoms with Crippen molar-refractivity contribution in [3.63, 3.8) is 0 Å². The monoisotopic (exact) mass is 226 g/mol. The molecule has 0 aliphatic heterocycles. The van der Waals surface area contributed by atoms with Crippen LogP contribution in [-0.2, 0) is 0 Å². The Hall–Kier alpha value is -2.13. The van der Waals surface area contributed by atoms with Gasteiger partial charge in [0.15, 0.2) is 0 Å². The van der Waals surface area contributed by atoms with E-state index in [-0.39, 0.29) is 5.71 Å². The first-order valence-corrected chi connectivity index (χ1v) is 5.31. The molecule has 86 valence electrons. The maximum atomic E-state index is 10.9. The Morgan fingerprint density at radius 3 is 2.00 bits per heavy atom. The van der Waals surface area contributed by atoms with Gasteiger partial charge in [0.2, 0.25) is 0 Å². The summed E-state index contributed by atoms with van der Waals surface area (Å²) >= 11 is 0. The van der Waals surface area contributed by atoms with Crippen molar-refractivity contribution >= 4 is 5.71 Å². The summed E-state index contributed by atoms with van der Waals surface area (Å²) in [5.41, 5.74) is 1.43. The predicted molar refractivity (Wildman–Crippen MR) is 67.7 cm³/mol. The molecule has 0 bridgehead atoms. The molecule has 0 aliphatic carbocycles. The van der Waals surface area contributed by atoms with E-state index in [0.29, 0.717) is 11.1 Å². The van der Waals surface area contributed by atoms with Gasteiger partial charge in [0.05, 0.1) is 5.71 Å². The summed E-state index contributed by atoms with van der Waals surface area (Å²) in [6.07, 6.45) is -0.990. The summed E-state index contributed by atoms with van der Waals surface area (Å²) in [6, 6.07) is 18.0. The van der Waals surface area contributed by atoms with E-state index in [1.165, 1.54) is 0 Å². The van der Waals surface area contributed by atoms with E-state index >= 15 is 0 Å². The van der Waals surface area contributed by atoms with Gasteiger partial charge in [0.1, 0.15) is 6.10 Å². The highest BCUT2D eigenvalue weighted by atomic mass is 16.4. The van der Waals surface area contributed by atoms with Gasteiger partial charge >= 0.3 is 0 Å². The van der Waals surface area contributed by atoms with Crippen LogP contribution in [0.2, 0.25) is 0 Å². The standard InChI is InChI=1S/C14H13NO2/c16-14(12-9-5-2-6-10-12)13(15-17)11-7-3-1-4-8-11/h1-10,14,16-17H/p-1. The van der Waals surface area contributed by atoms with Gasteiger partial charge in [-0.05, 0) is 11.1 Å². The van der Waals surface area contributed by atoms with Crippen LogP contribution in [0.4, 0.5) is 0 Å². The second kappa shape index (κ2) is 5.27. The Labute approximate surface area is 99.7 Å². The highest BCUT2D eigenvalue weighted by Crippen LogP contribution is 2.18. The molecule has 0 amide bonds. The van der Waals surface area contributed by atoms with Crippen molar-refractivity contribution in [2.75, 3.05) is 0 Å². The Balaban J connectivity index is 2.33. The average Bonchev–Trinajstić information content (AvgIpc) is 2.42. The van der Waals surface area contributed by atoms with E-state index in [1.807, 2.05) is 24.3 Å². The summed E-state index contributed by atoms with van der Waals surface area (Å²) in [7, 11) is 0. The molecule has 3 nitrogen and oxygen atoms in total. The van der Waals surface area contributed by atoms with Gasteiger partial charge in [0, 0.05) is 0 Å². The molecular formula is C14H12NO2-. The summed E-state index contributed by atoms with van der Waals surface area (Å²) < 4.78 is 0. The highest BCUT2D eigenvalue weighted by Gasteiger charge is 2.14. The molecule has 2 aromatic rings. The smallest absolute Gasteiger partial charge is 0.121 e. The Kier molecular flexibility index (Phi) is 3.52. The topological polar surface area (TPSA) is 55.7 Å². The van der Waals surface area contributed by atoms with E-state index in [9.17, 15) is 10.3 Å². The lowest BCUT2D eigenvalue weighted by atomic mass is 9.99. The molecule has 0 spiro atoms. The van der Waals surface area contributed by atoms with Crippen LogP contribution in [0.3, 0.4) is 0 Å². The lowest BCUT2D eigenvalue weighted by Gasteiger charge is -2.16. The summed E-state index contributed by atoms with van der Waals surface area (Å²) in [4.78, 5) is 0. The highest BCUT2D eigenvalue weighted by molar-refractivity contribution is 6.04. The van der Waals surface area contributed by atoms with Crippen LogP contribution in [0.15, 0.2) is 65.8 Å². The van der Waals surface area contributed by atoms with Crippen LogP contribution in [0.5, 0.6) is 0 Å². The normalized spacial score (nSPS) is 13.4. The van der Waals surface area contributed by atoms with E-state index in [1.54, 1.807) is 36.4 Å². The fourth-order valence-electron chi connectivity index (χ4n) is 1.66. The number of aliphatic hydroxyl groups excluding tert-OH is 1. The number of benzene rings is 2. The van der Waals surface area contributed by atoms with Gasteiger partial charge in [0.25, 0.3) is 0 Å². The molecule has 0 saturated carbocycles. The molecule has 1 atom stereocenters. The van der Waals surface area contributed by atoms with Crippen molar-refractivity contribution in [2.24, 2.45) is 5.16 Å². The number of rotatable bonds is 3. The molecule has 0 fully saturated rings. The fraction of sp³-hybridized carbons (Fsp3) is 0.0714. The molecule has 0 heterocycles. The predicted octanol–water partition coefficient (Wildman–Crippen LogP) is 2.71. The lowest BCUT2D eigenvalue weighted by Crippen LogP contribution is -2.13. The van der Waals surface area contributed by atoms with Crippen molar-refractivity contribution in [1.29, 1.82) is 0 Å². The van der Waals surface area contributed by atoms with Gasteiger partial charge in [-0.1, -0.05) is 60.7 Å². The third-order valence-electron chi connectivity index (χ3n) is 2.54. The zero-order valence-electron chi connectivity index (χ0n) is 9.15. The molecule has 1 unspecified atom stereocenters. The average molecular weight is 226 g/mol. The Bertz CT molecular complexity index is 494. The van der Waals surface area contributed by atoms with E-state index in [0.717, 1.165) is 0 Å². The number of nitrogens with zero attached hydrogens (tertiary/aromatic N) is 1. The second-order valence-electron chi connectivity index (χ2n) is 3.66. The largest absolute Gasteiger partial charge is 0.792 e. The van der Waals surface area contributed by atoms with Crippen LogP contribution in [0.1, 0.15) is 17.2 Å². The molecule has 17 heavy (non-hydrogen) atoms. The van der Waals surface area contributed by atoms with Gasteiger partial charge in [-0.25, -0.2) is 0 Å². The van der Waals surface area contributed by atoms with E-state index in [2.05, 4.69) is 5.16 Å². The first-order chi connectivity index (χ1) is 8.33. The van der Waals surface area contributed by atoms with Crippen LogP contribution >= 0.6 is 0 Å². The minimum Gasteiger partial charge on any atom is -0.792 e. The van der Waals surface area contributed by atoms with Crippen LogP contribution < -0.4 is 0 Å². The second-order valence-corrected chi connectivity index (χ2v) is 3.66. The minimum atomic E-state index is -0.990. The molecule has 0 radical (unpaired) electrons. The van der Waals surface area contributed by atoms with E-state index < -0.39 is 6.10 Å². The van der Waals surface area contributed by atoms with Crippen LogP contribution in [-0.4, -0.2) is 10.8 Å². The molecular weight excluding hydrogens is 214 g/mol. The lowest BCUT2D eigenvalue weighted by molar-refractivity contribution is 0.248. The molecule has 0 saturated heterocycles.